The van der Waals surface area contributed by atoms with Gasteiger partial charge in [0.1, 0.15) is 0 Å². The summed E-state index contributed by atoms with van der Waals surface area (Å²) in [7, 11) is 0. The zero-order valence-electron chi connectivity index (χ0n) is 18.1. The Balaban J connectivity index is 1.53. The van der Waals surface area contributed by atoms with Gasteiger partial charge in [-0.25, -0.2) is 0 Å². The lowest BCUT2D eigenvalue weighted by atomic mass is 9.96. The van der Waals surface area contributed by atoms with E-state index in [2.05, 4.69) is 11.4 Å². The lowest BCUT2D eigenvalue weighted by Gasteiger charge is -2.32. The van der Waals surface area contributed by atoms with Crippen LogP contribution in [0.15, 0.2) is 60.7 Å². The summed E-state index contributed by atoms with van der Waals surface area (Å²) in [5, 5.41) is 11.8. The van der Waals surface area contributed by atoms with Crippen molar-refractivity contribution in [1.29, 1.82) is 5.26 Å². The third-order valence-corrected chi connectivity index (χ3v) is 5.56. The first-order chi connectivity index (χ1) is 15.6. The molecule has 0 spiro atoms. The van der Waals surface area contributed by atoms with Gasteiger partial charge in [0, 0.05) is 43.9 Å². The molecule has 7 heteroatoms. The van der Waals surface area contributed by atoms with Crippen LogP contribution >= 0.6 is 0 Å². The number of rotatable bonds is 8. The van der Waals surface area contributed by atoms with Gasteiger partial charge in [-0.1, -0.05) is 36.4 Å². The van der Waals surface area contributed by atoms with Crippen LogP contribution in [-0.2, 0) is 14.4 Å². The van der Waals surface area contributed by atoms with Crippen molar-refractivity contribution in [2.45, 2.75) is 32.1 Å². The predicted molar refractivity (Wildman–Crippen MR) is 123 cm³/mol. The number of piperidine rings is 1. The van der Waals surface area contributed by atoms with Crippen molar-refractivity contribution >= 4 is 29.1 Å². The van der Waals surface area contributed by atoms with Crippen LogP contribution in [0.5, 0.6) is 0 Å². The molecule has 0 aliphatic carbocycles. The van der Waals surface area contributed by atoms with Crippen LogP contribution in [0.2, 0.25) is 0 Å². The fourth-order valence-electron chi connectivity index (χ4n) is 3.86. The van der Waals surface area contributed by atoms with E-state index < -0.39 is 0 Å². The van der Waals surface area contributed by atoms with E-state index in [-0.39, 0.29) is 42.9 Å². The molecule has 1 atom stereocenters. The molecule has 2 aromatic rings. The Labute approximate surface area is 188 Å². The number of amides is 3. The van der Waals surface area contributed by atoms with Crippen LogP contribution in [0.4, 0.5) is 11.4 Å². The van der Waals surface area contributed by atoms with Crippen molar-refractivity contribution in [3.63, 3.8) is 0 Å². The van der Waals surface area contributed by atoms with Crippen molar-refractivity contribution in [2.24, 2.45) is 5.92 Å². The molecule has 1 aliphatic rings. The van der Waals surface area contributed by atoms with Gasteiger partial charge in [0.15, 0.2) is 0 Å². The number of carbonyl (C=O) groups excluding carboxylic acids is 3. The molecule has 0 saturated carbocycles. The molecule has 1 aliphatic heterocycles. The summed E-state index contributed by atoms with van der Waals surface area (Å²) in [6, 6.07) is 20.5. The molecule has 1 fully saturated rings. The molecule has 0 radical (unpaired) electrons. The molecule has 0 bridgehead atoms. The summed E-state index contributed by atoms with van der Waals surface area (Å²) < 4.78 is 0. The third-order valence-electron chi connectivity index (χ3n) is 5.56. The van der Waals surface area contributed by atoms with E-state index in [1.807, 2.05) is 60.7 Å². The standard InChI is InChI=1S/C25H28N4O3/c26-16-8-18-29(22-12-5-2-6-13-22)24(31)15-14-23(30)28-17-7-9-20(19-28)25(32)27-21-10-3-1-4-11-21/h1-6,10-13,20H,7-9,14-15,17-19H2,(H,27,32). The fourth-order valence-corrected chi connectivity index (χ4v) is 3.86. The molecule has 166 valence electrons. The Morgan fingerprint density at radius 2 is 1.72 bits per heavy atom. The van der Waals surface area contributed by atoms with Crippen LogP contribution in [0.25, 0.3) is 0 Å². The smallest absolute Gasteiger partial charge is 0.229 e. The molecule has 3 amide bonds. The molecule has 32 heavy (non-hydrogen) atoms. The highest BCUT2D eigenvalue weighted by Gasteiger charge is 2.29. The van der Waals surface area contributed by atoms with E-state index in [1.54, 1.807) is 9.80 Å². The van der Waals surface area contributed by atoms with Gasteiger partial charge in [0.05, 0.1) is 18.4 Å². The minimum atomic E-state index is -0.264. The molecule has 1 unspecified atom stereocenters. The second-order valence-electron chi connectivity index (χ2n) is 7.82. The Morgan fingerprint density at radius 3 is 2.41 bits per heavy atom. The van der Waals surface area contributed by atoms with E-state index in [1.165, 1.54) is 0 Å². The number of nitrogens with zero attached hydrogens (tertiary/aromatic N) is 3. The van der Waals surface area contributed by atoms with Gasteiger partial charge >= 0.3 is 0 Å². The molecular weight excluding hydrogens is 404 g/mol. The van der Waals surface area contributed by atoms with Crippen LogP contribution in [0.1, 0.15) is 32.1 Å². The monoisotopic (exact) mass is 432 g/mol. The summed E-state index contributed by atoms with van der Waals surface area (Å²) in [4.78, 5) is 41.4. The summed E-state index contributed by atoms with van der Waals surface area (Å²) in [6.45, 7) is 1.25. The number of hydrogen-bond acceptors (Lipinski definition) is 4. The van der Waals surface area contributed by atoms with E-state index >= 15 is 0 Å². The van der Waals surface area contributed by atoms with Gasteiger partial charge in [-0.15, -0.1) is 0 Å². The maximum absolute atomic E-state index is 12.8. The lowest BCUT2D eigenvalue weighted by Crippen LogP contribution is -2.44. The number of anilines is 2. The minimum absolute atomic E-state index is 0.0660. The van der Waals surface area contributed by atoms with E-state index in [9.17, 15) is 14.4 Å². The normalized spacial score (nSPS) is 15.5. The summed E-state index contributed by atoms with van der Waals surface area (Å²) in [5.41, 5.74) is 1.46. The second-order valence-corrected chi connectivity index (χ2v) is 7.82. The quantitative estimate of drug-likeness (QED) is 0.690. The number of nitriles is 1. The van der Waals surface area contributed by atoms with Crippen molar-refractivity contribution in [1.82, 2.24) is 4.90 Å². The average Bonchev–Trinajstić information content (AvgIpc) is 2.84. The number of para-hydroxylation sites is 2. The van der Waals surface area contributed by atoms with Crippen molar-refractivity contribution < 1.29 is 14.4 Å². The highest BCUT2D eigenvalue weighted by atomic mass is 16.2. The van der Waals surface area contributed by atoms with Crippen molar-refractivity contribution in [3.05, 3.63) is 60.7 Å². The Morgan fingerprint density at radius 1 is 1.03 bits per heavy atom. The summed E-state index contributed by atoms with van der Waals surface area (Å²) in [5.74, 6) is -0.657. The highest BCUT2D eigenvalue weighted by Crippen LogP contribution is 2.21. The SMILES string of the molecule is N#CCCN(C(=O)CCC(=O)N1CCCC(C(=O)Nc2ccccc2)C1)c1ccccc1. The highest BCUT2D eigenvalue weighted by molar-refractivity contribution is 5.96. The second kappa shape index (κ2) is 11.7. The minimum Gasteiger partial charge on any atom is -0.342 e. The number of benzene rings is 2. The van der Waals surface area contributed by atoms with Crippen LogP contribution < -0.4 is 10.2 Å². The van der Waals surface area contributed by atoms with Crippen molar-refractivity contribution in [3.8, 4) is 6.07 Å². The Hall–Kier alpha value is -3.66. The first kappa shape index (κ1) is 23.0. The molecule has 0 aromatic heterocycles. The number of nitrogens with one attached hydrogen (secondary N) is 1. The molecule has 1 N–H and O–H groups in total. The van der Waals surface area contributed by atoms with Gasteiger partial charge in [0.25, 0.3) is 0 Å². The molecular formula is C25H28N4O3. The molecule has 7 nitrogen and oxygen atoms in total. The predicted octanol–water partition coefficient (Wildman–Crippen LogP) is 3.59. The van der Waals surface area contributed by atoms with E-state index in [0.29, 0.717) is 19.6 Å². The number of hydrogen-bond donors (Lipinski definition) is 1. The van der Waals surface area contributed by atoms with Gasteiger partial charge in [-0.3, -0.25) is 14.4 Å². The maximum atomic E-state index is 12.8. The third kappa shape index (κ3) is 6.42. The molecule has 3 rings (SSSR count). The van der Waals surface area contributed by atoms with Gasteiger partial charge in [0.2, 0.25) is 17.7 Å². The lowest BCUT2D eigenvalue weighted by molar-refractivity contribution is -0.136. The Kier molecular flexibility index (Phi) is 8.38. The first-order valence-electron chi connectivity index (χ1n) is 10.9. The van der Waals surface area contributed by atoms with Gasteiger partial charge < -0.3 is 15.1 Å². The van der Waals surface area contributed by atoms with Crippen LogP contribution in [-0.4, -0.2) is 42.3 Å². The molecule has 1 saturated heterocycles. The number of carbonyl (C=O) groups is 3. The van der Waals surface area contributed by atoms with Crippen LogP contribution in [0, 0.1) is 17.2 Å². The largest absolute Gasteiger partial charge is 0.342 e. The molecule has 1 heterocycles. The number of likely N-dealkylation sites (tertiary alicyclic amines) is 1. The van der Waals surface area contributed by atoms with E-state index in [4.69, 9.17) is 5.26 Å². The van der Waals surface area contributed by atoms with Crippen molar-refractivity contribution in [2.75, 3.05) is 29.9 Å². The van der Waals surface area contributed by atoms with Gasteiger partial charge in [-0.2, -0.15) is 5.26 Å². The average molecular weight is 433 g/mol. The summed E-state index contributed by atoms with van der Waals surface area (Å²) >= 11 is 0. The topological polar surface area (TPSA) is 93.5 Å². The zero-order valence-corrected chi connectivity index (χ0v) is 18.1. The van der Waals surface area contributed by atoms with Crippen LogP contribution in [0.3, 0.4) is 0 Å². The fraction of sp³-hybridized carbons (Fsp3) is 0.360. The van der Waals surface area contributed by atoms with Gasteiger partial charge in [-0.05, 0) is 37.1 Å². The van der Waals surface area contributed by atoms with E-state index in [0.717, 1.165) is 24.2 Å². The first-order valence-corrected chi connectivity index (χ1v) is 10.9. The molecule has 2 aromatic carbocycles. The Bertz CT molecular complexity index is 956. The zero-order chi connectivity index (χ0) is 22.8. The summed E-state index contributed by atoms with van der Waals surface area (Å²) in [6.07, 6.45) is 1.86. The maximum Gasteiger partial charge on any atom is 0.229 e.